The first-order valence-corrected chi connectivity index (χ1v) is 11.2. The molecule has 2 aromatic carbocycles. The van der Waals surface area contributed by atoms with Gasteiger partial charge in [0.15, 0.2) is 0 Å². The molecule has 1 aliphatic carbocycles. The van der Waals surface area contributed by atoms with Gasteiger partial charge in [-0.05, 0) is 30.0 Å². The Morgan fingerprint density at radius 2 is 1.87 bits per heavy atom. The predicted octanol–water partition coefficient (Wildman–Crippen LogP) is 5.19. The zero-order valence-electron chi connectivity index (χ0n) is 17.5. The van der Waals surface area contributed by atoms with Crippen LogP contribution in [0.5, 0.6) is 0 Å². The van der Waals surface area contributed by atoms with Crippen molar-refractivity contribution in [3.63, 3.8) is 0 Å². The second-order valence-corrected chi connectivity index (χ2v) is 8.54. The van der Waals surface area contributed by atoms with Crippen LogP contribution >= 0.6 is 11.6 Å². The second-order valence-electron chi connectivity index (χ2n) is 8.13. The SMILES string of the molecule is O=C(NCC(CO)C1CCCCC1)c1cc(F)c(NCCc2ccccc2Cl)cc1F. The summed E-state index contributed by atoms with van der Waals surface area (Å²) in [6.45, 7) is 0.584. The summed E-state index contributed by atoms with van der Waals surface area (Å²) in [6.07, 6.45) is 6.05. The Labute approximate surface area is 187 Å². The summed E-state index contributed by atoms with van der Waals surface area (Å²) in [6, 6.07) is 9.26. The predicted molar refractivity (Wildman–Crippen MR) is 119 cm³/mol. The summed E-state index contributed by atoms with van der Waals surface area (Å²) in [4.78, 5) is 12.4. The molecule has 1 aliphatic rings. The van der Waals surface area contributed by atoms with Crippen LogP contribution in [0.3, 0.4) is 0 Å². The van der Waals surface area contributed by atoms with E-state index in [1.165, 1.54) is 6.42 Å². The van der Waals surface area contributed by atoms with Crippen LogP contribution in [0, 0.1) is 23.5 Å². The Hall–Kier alpha value is -2.18. The van der Waals surface area contributed by atoms with Crippen LogP contribution < -0.4 is 10.6 Å². The summed E-state index contributed by atoms with van der Waals surface area (Å²) >= 11 is 6.11. The van der Waals surface area contributed by atoms with Crippen molar-refractivity contribution in [2.75, 3.05) is 25.0 Å². The molecule has 1 saturated carbocycles. The van der Waals surface area contributed by atoms with Gasteiger partial charge in [-0.25, -0.2) is 8.78 Å². The highest BCUT2D eigenvalue weighted by molar-refractivity contribution is 6.31. The zero-order valence-corrected chi connectivity index (χ0v) is 18.2. The maximum absolute atomic E-state index is 14.5. The number of rotatable bonds is 9. The van der Waals surface area contributed by atoms with Gasteiger partial charge in [0.05, 0.1) is 11.3 Å². The zero-order chi connectivity index (χ0) is 22.2. The van der Waals surface area contributed by atoms with Gasteiger partial charge in [0.25, 0.3) is 5.91 Å². The van der Waals surface area contributed by atoms with E-state index in [-0.39, 0.29) is 30.3 Å². The van der Waals surface area contributed by atoms with Gasteiger partial charge < -0.3 is 15.7 Å². The Balaban J connectivity index is 1.57. The molecule has 3 rings (SSSR count). The lowest BCUT2D eigenvalue weighted by molar-refractivity contribution is 0.0909. The van der Waals surface area contributed by atoms with Gasteiger partial charge in [-0.15, -0.1) is 0 Å². The highest BCUT2D eigenvalue weighted by atomic mass is 35.5. The Bertz CT molecular complexity index is 888. The molecule has 2 aromatic rings. The number of benzene rings is 2. The average Bonchev–Trinajstić information content (AvgIpc) is 2.78. The first-order valence-electron chi connectivity index (χ1n) is 10.8. The van der Waals surface area contributed by atoms with Crippen LogP contribution in [0.15, 0.2) is 36.4 Å². The summed E-state index contributed by atoms with van der Waals surface area (Å²) in [5.74, 6) is -1.88. The number of amides is 1. The van der Waals surface area contributed by atoms with Crippen molar-refractivity contribution >= 4 is 23.2 Å². The molecule has 1 fully saturated rings. The fraction of sp³-hybridized carbons (Fsp3) is 0.458. The number of hydrogen-bond acceptors (Lipinski definition) is 3. The molecule has 3 N–H and O–H groups in total. The minimum Gasteiger partial charge on any atom is -0.396 e. The van der Waals surface area contributed by atoms with Gasteiger partial charge in [0, 0.05) is 36.7 Å². The molecule has 4 nitrogen and oxygen atoms in total. The second kappa shape index (κ2) is 11.4. The van der Waals surface area contributed by atoms with Gasteiger partial charge in [-0.2, -0.15) is 0 Å². The van der Waals surface area contributed by atoms with E-state index >= 15 is 0 Å². The molecule has 31 heavy (non-hydrogen) atoms. The van der Waals surface area contributed by atoms with Gasteiger partial charge in [0.1, 0.15) is 11.6 Å². The van der Waals surface area contributed by atoms with Crippen LogP contribution in [-0.2, 0) is 6.42 Å². The number of hydrogen-bond donors (Lipinski definition) is 3. The molecule has 1 atom stereocenters. The number of aliphatic hydroxyl groups excluding tert-OH is 1. The molecule has 0 spiro atoms. The van der Waals surface area contributed by atoms with Gasteiger partial charge in [-0.1, -0.05) is 61.9 Å². The molecular formula is C24H29ClF2N2O2. The lowest BCUT2D eigenvalue weighted by Crippen LogP contribution is -2.35. The van der Waals surface area contributed by atoms with Gasteiger partial charge in [-0.3, -0.25) is 4.79 Å². The quantitative estimate of drug-likeness (QED) is 0.492. The maximum Gasteiger partial charge on any atom is 0.254 e. The smallest absolute Gasteiger partial charge is 0.254 e. The minimum atomic E-state index is -0.794. The summed E-state index contributed by atoms with van der Waals surface area (Å²) in [5, 5.41) is 15.8. The van der Waals surface area contributed by atoms with Gasteiger partial charge in [0.2, 0.25) is 0 Å². The largest absolute Gasteiger partial charge is 0.396 e. The molecular weight excluding hydrogens is 422 g/mol. The first kappa shape index (κ1) is 23.5. The van der Waals surface area contributed by atoms with Crippen LogP contribution in [0.4, 0.5) is 14.5 Å². The number of halogens is 3. The van der Waals surface area contributed by atoms with E-state index in [0.717, 1.165) is 43.4 Å². The van der Waals surface area contributed by atoms with E-state index in [0.29, 0.717) is 23.9 Å². The molecule has 0 saturated heterocycles. The lowest BCUT2D eigenvalue weighted by Gasteiger charge is -2.29. The number of anilines is 1. The first-order chi connectivity index (χ1) is 15.0. The summed E-state index contributed by atoms with van der Waals surface area (Å²) < 4.78 is 29.0. The summed E-state index contributed by atoms with van der Waals surface area (Å²) in [7, 11) is 0. The van der Waals surface area contributed by atoms with Crippen molar-refractivity contribution in [2.45, 2.75) is 38.5 Å². The van der Waals surface area contributed by atoms with E-state index < -0.39 is 17.5 Å². The van der Waals surface area contributed by atoms with Crippen LogP contribution in [0.1, 0.15) is 48.0 Å². The van der Waals surface area contributed by atoms with E-state index in [9.17, 15) is 18.7 Å². The van der Waals surface area contributed by atoms with Gasteiger partial charge >= 0.3 is 0 Å². The third-order valence-corrected chi connectivity index (χ3v) is 6.41. The summed E-state index contributed by atoms with van der Waals surface area (Å²) in [5.41, 5.74) is 0.566. The topological polar surface area (TPSA) is 61.4 Å². The molecule has 0 radical (unpaired) electrons. The number of carbonyl (C=O) groups is 1. The van der Waals surface area contributed by atoms with Crippen molar-refractivity contribution in [2.24, 2.45) is 11.8 Å². The number of carbonyl (C=O) groups excluding carboxylic acids is 1. The monoisotopic (exact) mass is 450 g/mol. The molecule has 1 unspecified atom stereocenters. The maximum atomic E-state index is 14.5. The van der Waals surface area contributed by atoms with Crippen molar-refractivity contribution in [3.05, 3.63) is 64.2 Å². The standard InChI is InChI=1S/C24H29ClF2N2O2/c25-20-9-5-4-8-17(20)10-11-28-23-13-21(26)19(12-22(23)27)24(31)29-14-18(15-30)16-6-2-1-3-7-16/h4-5,8-9,12-13,16,18,28,30H,1-3,6-7,10-11,14-15H2,(H,29,31). The highest BCUT2D eigenvalue weighted by Gasteiger charge is 2.24. The Morgan fingerprint density at radius 3 is 2.58 bits per heavy atom. The highest BCUT2D eigenvalue weighted by Crippen LogP contribution is 2.29. The average molecular weight is 451 g/mol. The molecule has 1 amide bonds. The van der Waals surface area contributed by atoms with E-state index in [1.807, 2.05) is 18.2 Å². The Morgan fingerprint density at radius 1 is 1.13 bits per heavy atom. The van der Waals surface area contributed by atoms with Crippen molar-refractivity contribution in [1.82, 2.24) is 5.32 Å². The lowest BCUT2D eigenvalue weighted by atomic mass is 9.80. The Kier molecular flexibility index (Phi) is 8.67. The van der Waals surface area contributed by atoms with E-state index in [2.05, 4.69) is 10.6 Å². The van der Waals surface area contributed by atoms with Crippen molar-refractivity contribution in [1.29, 1.82) is 0 Å². The number of nitrogens with one attached hydrogen (secondary N) is 2. The molecule has 0 heterocycles. The molecule has 0 aromatic heterocycles. The molecule has 7 heteroatoms. The molecule has 0 bridgehead atoms. The normalized spacial score (nSPS) is 15.5. The van der Waals surface area contributed by atoms with Crippen LogP contribution in [0.25, 0.3) is 0 Å². The third kappa shape index (κ3) is 6.40. The third-order valence-electron chi connectivity index (χ3n) is 6.04. The fourth-order valence-corrected chi connectivity index (χ4v) is 4.42. The molecule has 168 valence electrons. The molecule has 0 aliphatic heterocycles. The van der Waals surface area contributed by atoms with E-state index in [1.54, 1.807) is 6.07 Å². The van der Waals surface area contributed by atoms with Crippen molar-refractivity contribution < 1.29 is 18.7 Å². The van der Waals surface area contributed by atoms with Crippen LogP contribution in [0.2, 0.25) is 5.02 Å². The fourth-order valence-electron chi connectivity index (χ4n) is 4.19. The number of aliphatic hydroxyl groups is 1. The van der Waals surface area contributed by atoms with Crippen molar-refractivity contribution in [3.8, 4) is 0 Å². The van der Waals surface area contributed by atoms with E-state index in [4.69, 9.17) is 11.6 Å². The van der Waals surface area contributed by atoms with Crippen LogP contribution in [-0.4, -0.2) is 30.7 Å². The minimum absolute atomic E-state index is 0.00320.